The topological polar surface area (TPSA) is 49.3 Å². The predicted octanol–water partition coefficient (Wildman–Crippen LogP) is 3.07. The SMILES string of the molecule is Cc1ccc(C(=O)NCC2(O)CCCCC2)cc1Cl. The average molecular weight is 282 g/mol. The number of aryl methyl sites for hydroxylation is 1. The minimum atomic E-state index is -0.734. The van der Waals surface area contributed by atoms with Gasteiger partial charge in [-0.05, 0) is 37.5 Å². The molecule has 104 valence electrons. The molecular weight excluding hydrogens is 262 g/mol. The zero-order valence-corrected chi connectivity index (χ0v) is 12.0. The molecule has 1 aliphatic carbocycles. The second kappa shape index (κ2) is 5.93. The quantitative estimate of drug-likeness (QED) is 0.894. The Labute approximate surface area is 119 Å². The lowest BCUT2D eigenvalue weighted by Gasteiger charge is -2.32. The Kier molecular flexibility index (Phi) is 4.48. The molecule has 1 aliphatic rings. The number of hydrogen-bond donors (Lipinski definition) is 2. The van der Waals surface area contributed by atoms with E-state index in [4.69, 9.17) is 11.6 Å². The fourth-order valence-corrected chi connectivity index (χ4v) is 2.65. The Balaban J connectivity index is 1.95. The van der Waals surface area contributed by atoms with Gasteiger partial charge in [-0.1, -0.05) is 36.9 Å². The number of carbonyl (C=O) groups excluding carboxylic acids is 1. The lowest BCUT2D eigenvalue weighted by atomic mass is 9.85. The van der Waals surface area contributed by atoms with Gasteiger partial charge in [-0.3, -0.25) is 4.79 Å². The predicted molar refractivity (Wildman–Crippen MR) is 76.6 cm³/mol. The highest BCUT2D eigenvalue weighted by molar-refractivity contribution is 6.31. The summed E-state index contributed by atoms with van der Waals surface area (Å²) >= 11 is 6.00. The smallest absolute Gasteiger partial charge is 0.251 e. The Bertz CT molecular complexity index is 467. The van der Waals surface area contributed by atoms with Crippen LogP contribution >= 0.6 is 11.6 Å². The van der Waals surface area contributed by atoms with E-state index in [0.717, 1.165) is 31.2 Å². The lowest BCUT2D eigenvalue weighted by Crippen LogP contribution is -2.44. The van der Waals surface area contributed by atoms with Crippen molar-refractivity contribution in [3.8, 4) is 0 Å². The molecule has 0 atom stereocenters. The first-order chi connectivity index (χ1) is 9.00. The number of carbonyl (C=O) groups is 1. The number of halogens is 1. The molecular formula is C15H20ClNO2. The van der Waals surface area contributed by atoms with E-state index in [9.17, 15) is 9.90 Å². The summed E-state index contributed by atoms with van der Waals surface area (Å²) < 4.78 is 0. The Morgan fingerprint density at radius 3 is 2.68 bits per heavy atom. The summed E-state index contributed by atoms with van der Waals surface area (Å²) in [5, 5.41) is 13.7. The van der Waals surface area contributed by atoms with E-state index in [0.29, 0.717) is 17.1 Å². The molecule has 0 heterocycles. The summed E-state index contributed by atoms with van der Waals surface area (Å²) in [7, 11) is 0. The molecule has 3 nitrogen and oxygen atoms in total. The van der Waals surface area contributed by atoms with E-state index in [1.165, 1.54) is 6.42 Å². The highest BCUT2D eigenvalue weighted by atomic mass is 35.5. The summed E-state index contributed by atoms with van der Waals surface area (Å²) in [5.74, 6) is -0.180. The number of rotatable bonds is 3. The summed E-state index contributed by atoms with van der Waals surface area (Å²) in [5.41, 5.74) is 0.752. The van der Waals surface area contributed by atoms with E-state index >= 15 is 0 Å². The van der Waals surface area contributed by atoms with Crippen molar-refractivity contribution in [3.05, 3.63) is 34.3 Å². The second-order valence-corrected chi connectivity index (χ2v) is 5.84. The minimum absolute atomic E-state index is 0.180. The molecule has 0 spiro atoms. The average Bonchev–Trinajstić information content (AvgIpc) is 2.40. The van der Waals surface area contributed by atoms with Crippen LogP contribution < -0.4 is 5.32 Å². The van der Waals surface area contributed by atoms with Crippen molar-refractivity contribution in [2.75, 3.05) is 6.54 Å². The van der Waals surface area contributed by atoms with Crippen LogP contribution in [0.1, 0.15) is 48.0 Å². The van der Waals surface area contributed by atoms with Gasteiger partial charge in [0.15, 0.2) is 0 Å². The van der Waals surface area contributed by atoms with Crippen molar-refractivity contribution < 1.29 is 9.90 Å². The van der Waals surface area contributed by atoms with Gasteiger partial charge in [0.1, 0.15) is 0 Å². The van der Waals surface area contributed by atoms with Gasteiger partial charge in [0.2, 0.25) is 0 Å². The first-order valence-electron chi connectivity index (χ1n) is 6.77. The van der Waals surface area contributed by atoms with Crippen molar-refractivity contribution in [1.82, 2.24) is 5.32 Å². The van der Waals surface area contributed by atoms with Crippen LogP contribution in [0.4, 0.5) is 0 Å². The Morgan fingerprint density at radius 1 is 1.37 bits per heavy atom. The number of aliphatic hydroxyl groups is 1. The van der Waals surface area contributed by atoms with Crippen LogP contribution in [-0.4, -0.2) is 23.2 Å². The molecule has 0 saturated heterocycles. The highest BCUT2D eigenvalue weighted by Gasteiger charge is 2.29. The van der Waals surface area contributed by atoms with Gasteiger partial charge in [0.25, 0.3) is 5.91 Å². The molecule has 1 fully saturated rings. The molecule has 0 radical (unpaired) electrons. The van der Waals surface area contributed by atoms with E-state index in [-0.39, 0.29) is 5.91 Å². The first kappa shape index (κ1) is 14.4. The Morgan fingerprint density at radius 2 is 2.05 bits per heavy atom. The van der Waals surface area contributed by atoms with Crippen LogP contribution in [0.25, 0.3) is 0 Å². The fraction of sp³-hybridized carbons (Fsp3) is 0.533. The maximum atomic E-state index is 12.0. The van der Waals surface area contributed by atoms with Gasteiger partial charge in [-0.25, -0.2) is 0 Å². The monoisotopic (exact) mass is 281 g/mol. The highest BCUT2D eigenvalue weighted by Crippen LogP contribution is 2.27. The number of benzene rings is 1. The van der Waals surface area contributed by atoms with Gasteiger partial charge < -0.3 is 10.4 Å². The summed E-state index contributed by atoms with van der Waals surface area (Å²) in [6.45, 7) is 2.21. The normalized spacial score (nSPS) is 18.1. The van der Waals surface area contributed by atoms with Gasteiger partial charge in [-0.15, -0.1) is 0 Å². The van der Waals surface area contributed by atoms with Gasteiger partial charge in [0, 0.05) is 17.1 Å². The number of amides is 1. The molecule has 2 N–H and O–H groups in total. The zero-order valence-electron chi connectivity index (χ0n) is 11.2. The largest absolute Gasteiger partial charge is 0.388 e. The maximum Gasteiger partial charge on any atom is 0.251 e. The molecule has 0 unspecified atom stereocenters. The fourth-order valence-electron chi connectivity index (χ4n) is 2.47. The Hall–Kier alpha value is -1.06. The van der Waals surface area contributed by atoms with Crippen molar-refractivity contribution in [1.29, 1.82) is 0 Å². The molecule has 4 heteroatoms. The molecule has 1 saturated carbocycles. The van der Waals surface area contributed by atoms with Crippen molar-refractivity contribution >= 4 is 17.5 Å². The summed E-state index contributed by atoms with van der Waals surface area (Å²) in [4.78, 5) is 12.0. The zero-order chi connectivity index (χ0) is 13.9. The maximum absolute atomic E-state index is 12.0. The van der Waals surface area contributed by atoms with Crippen LogP contribution in [0.3, 0.4) is 0 Å². The number of hydrogen-bond acceptors (Lipinski definition) is 2. The van der Waals surface area contributed by atoms with Crippen LogP contribution in [0.2, 0.25) is 5.02 Å². The third kappa shape index (κ3) is 3.71. The van der Waals surface area contributed by atoms with Crippen LogP contribution in [0.15, 0.2) is 18.2 Å². The van der Waals surface area contributed by atoms with Gasteiger partial charge in [-0.2, -0.15) is 0 Å². The van der Waals surface area contributed by atoms with Crippen molar-refractivity contribution in [2.45, 2.75) is 44.6 Å². The van der Waals surface area contributed by atoms with E-state index < -0.39 is 5.60 Å². The second-order valence-electron chi connectivity index (χ2n) is 5.43. The minimum Gasteiger partial charge on any atom is -0.388 e. The van der Waals surface area contributed by atoms with E-state index in [1.54, 1.807) is 12.1 Å². The standard InChI is InChI=1S/C15H20ClNO2/c1-11-5-6-12(9-13(11)16)14(18)17-10-15(19)7-3-2-4-8-15/h5-6,9,19H,2-4,7-8,10H2,1H3,(H,17,18). The molecule has 19 heavy (non-hydrogen) atoms. The van der Waals surface area contributed by atoms with Crippen LogP contribution in [0, 0.1) is 6.92 Å². The molecule has 0 aromatic heterocycles. The van der Waals surface area contributed by atoms with Crippen molar-refractivity contribution in [2.24, 2.45) is 0 Å². The summed E-state index contributed by atoms with van der Waals surface area (Å²) in [6.07, 6.45) is 4.76. The van der Waals surface area contributed by atoms with Crippen LogP contribution in [-0.2, 0) is 0 Å². The van der Waals surface area contributed by atoms with E-state index in [1.807, 2.05) is 13.0 Å². The molecule has 0 bridgehead atoms. The molecule has 0 aliphatic heterocycles. The molecule has 1 amide bonds. The third-order valence-corrected chi connectivity index (χ3v) is 4.20. The molecule has 1 aromatic rings. The van der Waals surface area contributed by atoms with Crippen LogP contribution in [0.5, 0.6) is 0 Å². The number of nitrogens with one attached hydrogen (secondary N) is 1. The van der Waals surface area contributed by atoms with E-state index in [2.05, 4.69) is 5.32 Å². The van der Waals surface area contributed by atoms with Gasteiger partial charge >= 0.3 is 0 Å². The van der Waals surface area contributed by atoms with Crippen molar-refractivity contribution in [3.63, 3.8) is 0 Å². The molecule has 1 aromatic carbocycles. The molecule has 2 rings (SSSR count). The van der Waals surface area contributed by atoms with Gasteiger partial charge in [0.05, 0.1) is 5.60 Å². The lowest BCUT2D eigenvalue weighted by molar-refractivity contribution is 0.00526. The summed E-state index contributed by atoms with van der Waals surface area (Å²) in [6, 6.07) is 5.24. The third-order valence-electron chi connectivity index (χ3n) is 3.80. The first-order valence-corrected chi connectivity index (χ1v) is 7.15.